The van der Waals surface area contributed by atoms with Crippen LogP contribution in [0.4, 0.5) is 10.5 Å². The van der Waals surface area contributed by atoms with E-state index in [-0.39, 0.29) is 18.0 Å². The fraction of sp³-hybridized carbons (Fsp3) is 0.350. The van der Waals surface area contributed by atoms with E-state index in [0.29, 0.717) is 37.4 Å². The van der Waals surface area contributed by atoms with Gasteiger partial charge >= 0.3 is 6.03 Å². The largest absolute Gasteiger partial charge is 0.382 e. The third-order valence-electron chi connectivity index (χ3n) is 4.59. The van der Waals surface area contributed by atoms with Crippen molar-refractivity contribution in [2.75, 3.05) is 24.2 Å². The molecule has 2 heterocycles. The summed E-state index contributed by atoms with van der Waals surface area (Å²) in [4.78, 5) is 31.2. The molecule has 7 nitrogen and oxygen atoms in total. The molecule has 154 valence electrons. The van der Waals surface area contributed by atoms with Gasteiger partial charge in [0.1, 0.15) is 6.10 Å². The lowest BCUT2D eigenvalue weighted by Crippen LogP contribution is -2.50. The molecule has 1 aromatic heterocycles. The van der Waals surface area contributed by atoms with Crippen molar-refractivity contribution in [1.29, 1.82) is 0 Å². The van der Waals surface area contributed by atoms with E-state index in [1.807, 2.05) is 24.3 Å². The van der Waals surface area contributed by atoms with Gasteiger partial charge in [-0.25, -0.2) is 4.79 Å². The second kappa shape index (κ2) is 10.6. The van der Waals surface area contributed by atoms with E-state index in [9.17, 15) is 14.7 Å². The lowest BCUT2D eigenvalue weighted by atomic mass is 10.0. The lowest BCUT2D eigenvalue weighted by molar-refractivity contribution is -0.140. The minimum absolute atomic E-state index is 0.00447. The van der Waals surface area contributed by atoms with Crippen LogP contribution in [0.2, 0.25) is 0 Å². The number of aliphatic hydroxyl groups is 1. The number of carbonyl (C=O) groups excluding carboxylic acids is 2. The molecule has 0 saturated carbocycles. The van der Waals surface area contributed by atoms with Crippen molar-refractivity contribution in [1.82, 2.24) is 15.2 Å². The van der Waals surface area contributed by atoms with Crippen LogP contribution in [0.25, 0.3) is 0 Å². The average molecular weight is 479 g/mol. The molecule has 2 aromatic rings. The Kier molecular flexibility index (Phi) is 7.91. The van der Waals surface area contributed by atoms with Crippen LogP contribution in [0.3, 0.4) is 0 Å². The van der Waals surface area contributed by atoms with Gasteiger partial charge in [0.05, 0.1) is 0 Å². The first-order valence-electron chi connectivity index (χ1n) is 9.34. The van der Waals surface area contributed by atoms with Gasteiger partial charge in [0.2, 0.25) is 0 Å². The standard InChI is InChI=1S/C20H23BrN4O3S/c21-14-1-3-17(4-2-14)29-13-18(26)19(27)25-11-7-16(8-12-25)24-20(28)23-15-5-9-22-10-6-15/h1-6,9-10,16,18,26H,7-8,11-13H2,(H2,22,23,24,28)/t18-/m0/s1. The summed E-state index contributed by atoms with van der Waals surface area (Å²) in [6, 6.07) is 10.9. The van der Waals surface area contributed by atoms with Gasteiger partial charge in [-0.3, -0.25) is 9.78 Å². The molecule has 1 fully saturated rings. The summed E-state index contributed by atoms with van der Waals surface area (Å²) < 4.78 is 0.990. The Bertz CT molecular complexity index is 814. The second-order valence-electron chi connectivity index (χ2n) is 6.71. The highest BCUT2D eigenvalue weighted by molar-refractivity contribution is 9.10. The van der Waals surface area contributed by atoms with E-state index in [1.54, 1.807) is 29.4 Å². The SMILES string of the molecule is O=C(Nc1ccncc1)NC1CCN(C(=O)[C@@H](O)CSc2ccc(Br)cc2)CC1. The van der Waals surface area contributed by atoms with Crippen molar-refractivity contribution in [3.63, 3.8) is 0 Å². The van der Waals surface area contributed by atoms with Gasteiger partial charge in [0, 0.05) is 52.3 Å². The zero-order valence-corrected chi connectivity index (χ0v) is 18.2. The Morgan fingerprint density at radius 3 is 2.48 bits per heavy atom. The number of aromatic nitrogens is 1. The second-order valence-corrected chi connectivity index (χ2v) is 8.72. The molecule has 3 N–H and O–H groups in total. The number of urea groups is 1. The quantitative estimate of drug-likeness (QED) is 0.554. The number of hydrogen-bond donors (Lipinski definition) is 3. The van der Waals surface area contributed by atoms with Crippen LogP contribution >= 0.6 is 27.7 Å². The number of benzene rings is 1. The number of likely N-dealkylation sites (tertiary alicyclic amines) is 1. The van der Waals surface area contributed by atoms with E-state index < -0.39 is 6.10 Å². The summed E-state index contributed by atoms with van der Waals surface area (Å²) in [7, 11) is 0. The predicted molar refractivity (Wildman–Crippen MR) is 117 cm³/mol. The fourth-order valence-electron chi connectivity index (χ4n) is 3.02. The number of nitrogens with one attached hydrogen (secondary N) is 2. The highest BCUT2D eigenvalue weighted by Crippen LogP contribution is 2.22. The number of carbonyl (C=O) groups is 2. The number of thioether (sulfide) groups is 1. The Labute approximate surface area is 182 Å². The first kappa shape index (κ1) is 21.6. The summed E-state index contributed by atoms with van der Waals surface area (Å²) >= 11 is 4.84. The van der Waals surface area contributed by atoms with Crippen LogP contribution in [0.5, 0.6) is 0 Å². The summed E-state index contributed by atoms with van der Waals surface area (Å²) in [6.45, 7) is 1.03. The minimum Gasteiger partial charge on any atom is -0.382 e. The molecule has 1 saturated heterocycles. The van der Waals surface area contributed by atoms with Gasteiger partial charge in [-0.15, -0.1) is 11.8 Å². The molecule has 9 heteroatoms. The maximum absolute atomic E-state index is 12.5. The van der Waals surface area contributed by atoms with E-state index in [1.165, 1.54) is 11.8 Å². The van der Waals surface area contributed by atoms with Crippen molar-refractivity contribution in [3.8, 4) is 0 Å². The smallest absolute Gasteiger partial charge is 0.319 e. The van der Waals surface area contributed by atoms with Crippen LogP contribution in [-0.2, 0) is 4.79 Å². The van der Waals surface area contributed by atoms with E-state index in [4.69, 9.17) is 0 Å². The van der Waals surface area contributed by atoms with Gasteiger partial charge in [-0.05, 0) is 49.2 Å². The van der Waals surface area contributed by atoms with Crippen molar-refractivity contribution in [3.05, 3.63) is 53.3 Å². The van der Waals surface area contributed by atoms with Crippen molar-refractivity contribution in [2.45, 2.75) is 29.9 Å². The van der Waals surface area contributed by atoms with Gasteiger partial charge < -0.3 is 20.6 Å². The highest BCUT2D eigenvalue weighted by atomic mass is 79.9. The maximum Gasteiger partial charge on any atom is 0.319 e. The first-order chi connectivity index (χ1) is 14.0. The summed E-state index contributed by atoms with van der Waals surface area (Å²) in [5, 5.41) is 15.9. The number of halogens is 1. The Balaban J connectivity index is 1.39. The first-order valence-corrected chi connectivity index (χ1v) is 11.1. The normalized spacial score (nSPS) is 15.6. The van der Waals surface area contributed by atoms with Crippen LogP contribution < -0.4 is 10.6 Å². The molecule has 1 aromatic carbocycles. The number of anilines is 1. The molecule has 0 radical (unpaired) electrons. The van der Waals surface area contributed by atoms with Crippen molar-refractivity contribution in [2.24, 2.45) is 0 Å². The molecule has 3 rings (SSSR count). The molecule has 0 unspecified atom stereocenters. The molecule has 0 aliphatic carbocycles. The Morgan fingerprint density at radius 1 is 1.17 bits per heavy atom. The van der Waals surface area contributed by atoms with E-state index >= 15 is 0 Å². The van der Waals surface area contributed by atoms with E-state index in [0.717, 1.165) is 9.37 Å². The lowest BCUT2D eigenvalue weighted by Gasteiger charge is -2.33. The Morgan fingerprint density at radius 2 is 1.83 bits per heavy atom. The number of hydrogen-bond acceptors (Lipinski definition) is 5. The molecular formula is C20H23BrN4O3S. The summed E-state index contributed by atoms with van der Waals surface area (Å²) in [5.41, 5.74) is 0.677. The fourth-order valence-corrected chi connectivity index (χ4v) is 4.11. The molecule has 0 bridgehead atoms. The van der Waals surface area contributed by atoms with Crippen LogP contribution in [0, 0.1) is 0 Å². The zero-order valence-electron chi connectivity index (χ0n) is 15.8. The number of aliphatic hydroxyl groups excluding tert-OH is 1. The molecule has 0 spiro atoms. The molecule has 1 aliphatic heterocycles. The summed E-state index contributed by atoms with van der Waals surface area (Å²) in [5.74, 6) is 0.0572. The third kappa shape index (κ3) is 6.73. The van der Waals surface area contributed by atoms with Crippen molar-refractivity contribution < 1.29 is 14.7 Å². The topological polar surface area (TPSA) is 94.6 Å². The molecule has 1 atom stereocenters. The van der Waals surface area contributed by atoms with Gasteiger partial charge in [-0.1, -0.05) is 15.9 Å². The maximum atomic E-state index is 12.5. The van der Waals surface area contributed by atoms with Crippen LogP contribution in [0.1, 0.15) is 12.8 Å². The predicted octanol–water partition coefficient (Wildman–Crippen LogP) is 3.11. The van der Waals surface area contributed by atoms with Gasteiger partial charge in [0.25, 0.3) is 5.91 Å². The number of pyridine rings is 1. The van der Waals surface area contributed by atoms with Gasteiger partial charge in [-0.2, -0.15) is 0 Å². The average Bonchev–Trinajstić information content (AvgIpc) is 2.74. The van der Waals surface area contributed by atoms with Crippen molar-refractivity contribution >= 4 is 45.3 Å². The number of amides is 3. The van der Waals surface area contributed by atoms with Gasteiger partial charge in [0.15, 0.2) is 0 Å². The van der Waals surface area contributed by atoms with Crippen LogP contribution in [0.15, 0.2) is 58.2 Å². The number of rotatable bonds is 6. The Hall–Kier alpha value is -2.10. The third-order valence-corrected chi connectivity index (χ3v) is 6.20. The minimum atomic E-state index is -1.04. The highest BCUT2D eigenvalue weighted by Gasteiger charge is 2.27. The molecule has 1 aliphatic rings. The molecule has 29 heavy (non-hydrogen) atoms. The van der Waals surface area contributed by atoms with Crippen LogP contribution in [-0.4, -0.2) is 57.9 Å². The monoisotopic (exact) mass is 478 g/mol. The number of piperidine rings is 1. The zero-order chi connectivity index (χ0) is 20.6. The summed E-state index contributed by atoms with van der Waals surface area (Å²) in [6.07, 6.45) is 3.49. The number of nitrogens with zero attached hydrogens (tertiary/aromatic N) is 2. The van der Waals surface area contributed by atoms with E-state index in [2.05, 4.69) is 31.5 Å². The molecular weight excluding hydrogens is 456 g/mol. The molecule has 3 amide bonds.